The minimum absolute atomic E-state index is 0.0703. The largest absolute Gasteiger partial charge is 0.395 e. The van der Waals surface area contributed by atoms with Crippen molar-refractivity contribution in [2.45, 2.75) is 24.3 Å². The van der Waals surface area contributed by atoms with Crippen LogP contribution in [0.25, 0.3) is 0 Å². The molecular weight excluding hydrogens is 516 g/mol. The van der Waals surface area contributed by atoms with Crippen molar-refractivity contribution in [3.63, 3.8) is 0 Å². The van der Waals surface area contributed by atoms with Crippen LogP contribution in [0, 0.1) is 0 Å². The van der Waals surface area contributed by atoms with Gasteiger partial charge in [0.25, 0.3) is 0 Å². The van der Waals surface area contributed by atoms with Gasteiger partial charge in [-0.15, -0.1) is 0 Å². The van der Waals surface area contributed by atoms with Crippen molar-refractivity contribution in [2.75, 3.05) is 43.7 Å². The maximum absolute atomic E-state index is 11.7. The molecule has 0 radical (unpaired) electrons. The second-order valence-electron chi connectivity index (χ2n) is 9.04. The third kappa shape index (κ3) is 9.80. The zero-order valence-corrected chi connectivity index (χ0v) is 22.5. The van der Waals surface area contributed by atoms with Gasteiger partial charge in [-0.1, -0.05) is 48.5 Å². The lowest BCUT2D eigenvalue weighted by atomic mass is 10.1. The van der Waals surface area contributed by atoms with Gasteiger partial charge in [0.2, 0.25) is 5.95 Å². The van der Waals surface area contributed by atoms with E-state index in [9.17, 15) is 27.0 Å². The Bertz CT molecular complexity index is 1320. The van der Waals surface area contributed by atoms with E-state index in [0.29, 0.717) is 41.6 Å². The van der Waals surface area contributed by atoms with Gasteiger partial charge in [0.05, 0.1) is 24.7 Å². The van der Waals surface area contributed by atoms with E-state index in [1.165, 1.54) is 12.5 Å². The number of aliphatic hydroxyl groups excluding tert-OH is 2. The van der Waals surface area contributed by atoms with Gasteiger partial charge < -0.3 is 15.1 Å². The maximum Gasteiger partial charge on any atom is 0.229 e. The molecule has 0 atom stereocenters. The fraction of sp³-hybridized carbons (Fsp3) is 0.400. The smallest absolute Gasteiger partial charge is 0.229 e. The van der Waals surface area contributed by atoms with Gasteiger partial charge in [0.1, 0.15) is 11.6 Å². The van der Waals surface area contributed by atoms with Crippen molar-refractivity contribution in [2.24, 2.45) is 0 Å². The molecule has 0 aliphatic heterocycles. The molecule has 0 aliphatic rings. The highest BCUT2D eigenvalue weighted by molar-refractivity contribution is 7.90. The summed E-state index contributed by atoms with van der Waals surface area (Å²) in [6.45, 7) is 0.128. The molecule has 10 nitrogen and oxygen atoms in total. The van der Waals surface area contributed by atoms with Gasteiger partial charge in [-0.05, 0) is 22.3 Å². The zero-order valence-electron chi connectivity index (χ0n) is 20.9. The predicted octanol–water partition coefficient (Wildman–Crippen LogP) is 0.933. The summed E-state index contributed by atoms with van der Waals surface area (Å²) in [6.07, 6.45) is 3.01. The van der Waals surface area contributed by atoms with E-state index >= 15 is 0 Å². The second kappa shape index (κ2) is 12.5. The number of hydrogen-bond acceptors (Lipinski definition) is 10. The van der Waals surface area contributed by atoms with Crippen LogP contribution in [0.4, 0.5) is 5.95 Å². The fourth-order valence-electron chi connectivity index (χ4n) is 3.94. The molecule has 0 fully saturated rings. The lowest BCUT2D eigenvalue weighted by molar-refractivity contribution is 0.280. The van der Waals surface area contributed by atoms with E-state index < -0.39 is 19.7 Å². The molecule has 2 aromatic carbocycles. The predicted molar refractivity (Wildman–Crippen MR) is 142 cm³/mol. The molecule has 0 saturated heterocycles. The summed E-state index contributed by atoms with van der Waals surface area (Å²) in [7, 11) is -6.37. The second-order valence-corrected chi connectivity index (χ2v) is 13.3. The number of benzene rings is 2. The van der Waals surface area contributed by atoms with Crippen molar-refractivity contribution < 1.29 is 27.0 Å². The molecule has 3 rings (SSSR count). The number of nitrogens with zero attached hydrogens (tertiary/aromatic N) is 4. The highest BCUT2D eigenvalue weighted by atomic mass is 32.2. The van der Waals surface area contributed by atoms with Crippen LogP contribution in [-0.4, -0.2) is 80.8 Å². The summed E-state index contributed by atoms with van der Waals surface area (Å²) in [5.41, 5.74) is 2.99. The number of anilines is 1. The quantitative estimate of drug-likeness (QED) is 0.316. The average Bonchev–Trinajstić information content (AvgIpc) is 2.77. The van der Waals surface area contributed by atoms with E-state index in [-0.39, 0.29) is 37.8 Å². The Hall–Kier alpha value is -2.93. The van der Waals surface area contributed by atoms with E-state index in [1.807, 2.05) is 12.1 Å². The lowest BCUT2D eigenvalue weighted by Crippen LogP contribution is -2.32. The minimum atomic E-state index is -3.19. The first kappa shape index (κ1) is 28.6. The van der Waals surface area contributed by atoms with Gasteiger partial charge in [-0.2, -0.15) is 9.97 Å². The van der Waals surface area contributed by atoms with E-state index in [1.54, 1.807) is 41.3 Å². The number of aromatic nitrogens is 3. The molecule has 3 aromatic rings. The molecule has 200 valence electrons. The lowest BCUT2D eigenvalue weighted by Gasteiger charge is -2.21. The molecule has 1 heterocycles. The molecule has 0 saturated carbocycles. The van der Waals surface area contributed by atoms with E-state index in [4.69, 9.17) is 0 Å². The summed E-state index contributed by atoms with van der Waals surface area (Å²) < 4.78 is 46.9. The molecule has 37 heavy (non-hydrogen) atoms. The highest BCUT2D eigenvalue weighted by Gasteiger charge is 2.15. The molecule has 0 aliphatic carbocycles. The van der Waals surface area contributed by atoms with Crippen LogP contribution >= 0.6 is 0 Å². The first-order valence-electron chi connectivity index (χ1n) is 11.7. The van der Waals surface area contributed by atoms with Gasteiger partial charge in [0.15, 0.2) is 19.7 Å². The normalized spacial score (nSPS) is 12.0. The molecule has 0 unspecified atom stereocenters. The van der Waals surface area contributed by atoms with Crippen LogP contribution in [0.5, 0.6) is 0 Å². The first-order valence-corrected chi connectivity index (χ1v) is 15.8. The Balaban J connectivity index is 1.96. The SMILES string of the molecule is CS(=O)(=O)Cc1cccc(Cc2nc(Cc3cccc(CS(C)(=O)=O)c3)nc(N(CCO)CCO)n2)c1. The van der Waals surface area contributed by atoms with Crippen molar-refractivity contribution in [3.8, 4) is 0 Å². The number of rotatable bonds is 13. The molecule has 0 bridgehead atoms. The average molecular weight is 549 g/mol. The number of aliphatic hydroxyl groups is 2. The minimum Gasteiger partial charge on any atom is -0.395 e. The van der Waals surface area contributed by atoms with Gasteiger partial charge in [-0.3, -0.25) is 0 Å². The van der Waals surface area contributed by atoms with Crippen molar-refractivity contribution >= 4 is 25.6 Å². The Morgan fingerprint density at radius 1 is 0.676 bits per heavy atom. The van der Waals surface area contributed by atoms with Crippen molar-refractivity contribution in [1.82, 2.24) is 15.0 Å². The van der Waals surface area contributed by atoms with E-state index in [0.717, 1.165) is 11.1 Å². The molecule has 0 spiro atoms. The molecule has 12 heteroatoms. The van der Waals surface area contributed by atoms with Gasteiger partial charge in [-0.25, -0.2) is 21.8 Å². The summed E-state index contributed by atoms with van der Waals surface area (Å²) in [5, 5.41) is 19.0. The maximum atomic E-state index is 11.7. The third-order valence-corrected chi connectivity index (χ3v) is 7.02. The Labute approximate surface area is 217 Å². The van der Waals surface area contributed by atoms with Crippen LogP contribution in [0.2, 0.25) is 0 Å². The van der Waals surface area contributed by atoms with Crippen LogP contribution < -0.4 is 4.90 Å². The van der Waals surface area contributed by atoms with Crippen molar-refractivity contribution in [1.29, 1.82) is 0 Å². The number of hydrogen-bond donors (Lipinski definition) is 2. The molecular formula is C25H32N4O6S2. The van der Waals surface area contributed by atoms with Crippen LogP contribution in [0.1, 0.15) is 33.9 Å². The summed E-state index contributed by atoms with van der Waals surface area (Å²) in [5.74, 6) is 1.06. The molecule has 0 amide bonds. The van der Waals surface area contributed by atoms with Gasteiger partial charge >= 0.3 is 0 Å². The van der Waals surface area contributed by atoms with Crippen LogP contribution in [-0.2, 0) is 44.0 Å². The summed E-state index contributed by atoms with van der Waals surface area (Å²) >= 11 is 0. The summed E-state index contributed by atoms with van der Waals surface area (Å²) in [4.78, 5) is 15.4. The Kier molecular flexibility index (Phi) is 9.71. The third-order valence-electron chi connectivity index (χ3n) is 5.30. The Morgan fingerprint density at radius 3 is 1.46 bits per heavy atom. The topological polar surface area (TPSA) is 151 Å². The zero-order chi connectivity index (χ0) is 27.1. The molecule has 1 aromatic heterocycles. The van der Waals surface area contributed by atoms with E-state index in [2.05, 4.69) is 15.0 Å². The Morgan fingerprint density at radius 2 is 1.08 bits per heavy atom. The van der Waals surface area contributed by atoms with Gasteiger partial charge in [0, 0.05) is 38.4 Å². The summed E-state index contributed by atoms with van der Waals surface area (Å²) in [6, 6.07) is 14.4. The highest BCUT2D eigenvalue weighted by Crippen LogP contribution is 2.17. The molecule has 2 N–H and O–H groups in total. The van der Waals surface area contributed by atoms with Crippen molar-refractivity contribution in [3.05, 3.63) is 82.4 Å². The van der Waals surface area contributed by atoms with Crippen LogP contribution in [0.3, 0.4) is 0 Å². The fourth-order valence-corrected chi connectivity index (χ4v) is 5.51. The first-order chi connectivity index (χ1) is 17.4. The van der Waals surface area contributed by atoms with Crippen LogP contribution in [0.15, 0.2) is 48.5 Å². The standard InChI is InChI=1S/C25H32N4O6S2/c1-36(32,33)17-21-7-3-5-19(13-21)15-23-26-24(28-25(27-23)29(9-11-30)10-12-31)16-20-6-4-8-22(14-20)18-37(2,34)35/h3-8,13-14,30-31H,9-12,15-18H2,1-2H3. The monoisotopic (exact) mass is 548 g/mol. The number of sulfone groups is 2.